The van der Waals surface area contributed by atoms with Crippen LogP contribution in [0.5, 0.6) is 0 Å². The van der Waals surface area contributed by atoms with Crippen LogP contribution in [0, 0.1) is 5.41 Å². The van der Waals surface area contributed by atoms with Crippen molar-refractivity contribution in [1.29, 1.82) is 0 Å². The third-order valence-corrected chi connectivity index (χ3v) is 7.90. The lowest BCUT2D eigenvalue weighted by Crippen LogP contribution is -2.56. The first kappa shape index (κ1) is 38.4. The van der Waals surface area contributed by atoms with Gasteiger partial charge in [-0.05, 0) is 44.9 Å². The smallest absolute Gasteiger partial charge is 0.0798 e. The van der Waals surface area contributed by atoms with Gasteiger partial charge in [0.15, 0.2) is 0 Å². The molecule has 9 heteroatoms. The zero-order chi connectivity index (χ0) is 29.6. The Morgan fingerprint density at radius 2 is 0.872 bits per heavy atom. The quantitative estimate of drug-likeness (QED) is 0.0534. The SMILES string of the molecule is CCCCCCCCC=CCCCCCCC(CC(O)CO)(CC(O)CO)C(O)(CC(O)CO)CC(O)CO. The molecule has 4 unspecified atom stereocenters. The fourth-order valence-corrected chi connectivity index (χ4v) is 5.71. The Kier molecular flexibility index (Phi) is 22.6. The second kappa shape index (κ2) is 23.0. The average molecular weight is 565 g/mol. The number of hydrogen-bond donors (Lipinski definition) is 9. The summed E-state index contributed by atoms with van der Waals surface area (Å²) in [6.07, 6.45) is 11.6. The summed E-state index contributed by atoms with van der Waals surface area (Å²) in [4.78, 5) is 0. The van der Waals surface area contributed by atoms with Crippen LogP contribution in [0.3, 0.4) is 0 Å². The Morgan fingerprint density at radius 1 is 0.513 bits per heavy atom. The van der Waals surface area contributed by atoms with Crippen LogP contribution >= 0.6 is 0 Å². The van der Waals surface area contributed by atoms with Crippen molar-refractivity contribution in [3.63, 3.8) is 0 Å². The summed E-state index contributed by atoms with van der Waals surface area (Å²) in [5, 5.41) is 91.2. The van der Waals surface area contributed by atoms with Crippen molar-refractivity contribution in [1.82, 2.24) is 0 Å². The molecular formula is C30H60O9. The Hall–Kier alpha value is -0.620. The summed E-state index contributed by atoms with van der Waals surface area (Å²) in [5.41, 5.74) is -3.23. The van der Waals surface area contributed by atoms with E-state index in [1.807, 2.05) is 0 Å². The minimum Gasteiger partial charge on any atom is -0.394 e. The molecule has 0 aromatic carbocycles. The molecule has 9 N–H and O–H groups in total. The maximum Gasteiger partial charge on any atom is 0.0798 e. The lowest BCUT2D eigenvalue weighted by atomic mass is 9.59. The molecule has 0 spiro atoms. The summed E-state index contributed by atoms with van der Waals surface area (Å²) < 4.78 is 0. The minimum absolute atomic E-state index is 0.158. The molecule has 234 valence electrons. The molecule has 0 aromatic rings. The summed E-state index contributed by atoms with van der Waals surface area (Å²) in [6, 6.07) is 0. The van der Waals surface area contributed by atoms with E-state index in [0.29, 0.717) is 6.42 Å². The third kappa shape index (κ3) is 16.4. The molecule has 0 saturated carbocycles. The highest BCUT2D eigenvalue weighted by Crippen LogP contribution is 2.50. The maximum atomic E-state index is 11.9. The van der Waals surface area contributed by atoms with E-state index in [0.717, 1.165) is 32.1 Å². The van der Waals surface area contributed by atoms with Crippen molar-refractivity contribution in [2.24, 2.45) is 5.41 Å². The van der Waals surface area contributed by atoms with E-state index >= 15 is 0 Å². The normalized spacial score (nSPS) is 18.5. The molecule has 9 nitrogen and oxygen atoms in total. The first-order valence-corrected chi connectivity index (χ1v) is 15.2. The Balaban J connectivity index is 5.27. The molecule has 0 saturated heterocycles. The van der Waals surface area contributed by atoms with Crippen LogP contribution in [-0.4, -0.2) is 102 Å². The second-order valence-electron chi connectivity index (χ2n) is 11.5. The van der Waals surface area contributed by atoms with Gasteiger partial charge in [-0.15, -0.1) is 0 Å². The lowest BCUT2D eigenvalue weighted by Gasteiger charge is -2.51. The van der Waals surface area contributed by atoms with E-state index in [9.17, 15) is 46.0 Å². The van der Waals surface area contributed by atoms with E-state index < -0.39 is 61.9 Å². The first-order valence-electron chi connectivity index (χ1n) is 15.2. The zero-order valence-corrected chi connectivity index (χ0v) is 24.3. The molecule has 0 fully saturated rings. The first-order chi connectivity index (χ1) is 18.6. The summed E-state index contributed by atoms with van der Waals surface area (Å²) in [5.74, 6) is 0. The van der Waals surface area contributed by atoms with Crippen molar-refractivity contribution < 1.29 is 46.0 Å². The van der Waals surface area contributed by atoms with Gasteiger partial charge in [0.25, 0.3) is 0 Å². The zero-order valence-electron chi connectivity index (χ0n) is 24.3. The van der Waals surface area contributed by atoms with Gasteiger partial charge in [-0.25, -0.2) is 0 Å². The van der Waals surface area contributed by atoms with Gasteiger partial charge in [-0.1, -0.05) is 70.4 Å². The van der Waals surface area contributed by atoms with E-state index in [2.05, 4.69) is 19.1 Å². The van der Waals surface area contributed by atoms with Crippen molar-refractivity contribution in [2.75, 3.05) is 26.4 Å². The topological polar surface area (TPSA) is 182 Å². The maximum absolute atomic E-state index is 11.9. The number of unbranched alkanes of at least 4 members (excludes halogenated alkanes) is 10. The molecule has 0 bridgehead atoms. The molecular weight excluding hydrogens is 504 g/mol. The Bertz CT molecular complexity index is 563. The van der Waals surface area contributed by atoms with E-state index in [4.69, 9.17) is 0 Å². The van der Waals surface area contributed by atoms with Crippen LogP contribution in [0.2, 0.25) is 0 Å². The van der Waals surface area contributed by atoms with Crippen LogP contribution in [0.15, 0.2) is 12.2 Å². The predicted octanol–water partition coefficient (Wildman–Crippen LogP) is 2.32. The fourth-order valence-electron chi connectivity index (χ4n) is 5.71. The van der Waals surface area contributed by atoms with Crippen molar-refractivity contribution >= 4 is 0 Å². The Morgan fingerprint density at radius 3 is 1.28 bits per heavy atom. The molecule has 0 rings (SSSR count). The lowest BCUT2D eigenvalue weighted by molar-refractivity contribution is -0.173. The molecule has 39 heavy (non-hydrogen) atoms. The van der Waals surface area contributed by atoms with Gasteiger partial charge in [0.05, 0.1) is 56.4 Å². The molecule has 0 aromatic heterocycles. The summed E-state index contributed by atoms with van der Waals surface area (Å²) in [7, 11) is 0. The molecule has 0 radical (unpaired) electrons. The van der Waals surface area contributed by atoms with Crippen LogP contribution in [0.1, 0.15) is 116 Å². The average Bonchev–Trinajstić information content (AvgIpc) is 2.92. The number of rotatable bonds is 27. The highest BCUT2D eigenvalue weighted by Gasteiger charge is 2.52. The van der Waals surface area contributed by atoms with E-state index in [1.54, 1.807) is 0 Å². The monoisotopic (exact) mass is 564 g/mol. The number of hydrogen-bond acceptors (Lipinski definition) is 9. The van der Waals surface area contributed by atoms with Gasteiger partial charge in [-0.3, -0.25) is 0 Å². The standard InChI is InChI=1S/C30H60O9/c1-2-3-4-5-6-7-8-9-10-11-12-13-14-15-16-29(17-25(35)21-31,18-26(36)22-32)30(39,19-27(37)23-33)20-28(38)24-34/h9-10,25-28,31-39H,2-8,11-24H2,1H3. The largest absolute Gasteiger partial charge is 0.394 e. The van der Waals surface area contributed by atoms with Crippen LogP contribution in [-0.2, 0) is 0 Å². The highest BCUT2D eigenvalue weighted by atomic mass is 16.3. The highest BCUT2D eigenvalue weighted by molar-refractivity contribution is 5.03. The summed E-state index contributed by atoms with van der Waals surface area (Å²) in [6.45, 7) is -0.264. The predicted molar refractivity (Wildman–Crippen MR) is 153 cm³/mol. The molecule has 0 aliphatic rings. The molecule has 0 aliphatic heterocycles. The molecule has 0 aliphatic carbocycles. The van der Waals surface area contributed by atoms with Gasteiger partial charge < -0.3 is 46.0 Å². The summed E-state index contributed by atoms with van der Waals surface area (Å²) >= 11 is 0. The van der Waals surface area contributed by atoms with Crippen LogP contribution < -0.4 is 0 Å². The Labute approximate surface area is 236 Å². The van der Waals surface area contributed by atoms with Gasteiger partial charge in [0, 0.05) is 18.3 Å². The van der Waals surface area contributed by atoms with Crippen molar-refractivity contribution in [2.45, 2.75) is 146 Å². The van der Waals surface area contributed by atoms with Gasteiger partial charge in [0.1, 0.15) is 0 Å². The van der Waals surface area contributed by atoms with Crippen LogP contribution in [0.4, 0.5) is 0 Å². The number of allylic oxidation sites excluding steroid dienone is 2. The molecule has 0 heterocycles. The van der Waals surface area contributed by atoms with Gasteiger partial charge in [-0.2, -0.15) is 0 Å². The molecule has 4 atom stereocenters. The van der Waals surface area contributed by atoms with E-state index in [1.165, 1.54) is 38.5 Å². The number of aliphatic hydroxyl groups excluding tert-OH is 8. The second-order valence-corrected chi connectivity index (χ2v) is 11.5. The van der Waals surface area contributed by atoms with E-state index in [-0.39, 0.29) is 32.1 Å². The van der Waals surface area contributed by atoms with Crippen molar-refractivity contribution in [3.8, 4) is 0 Å². The van der Waals surface area contributed by atoms with Gasteiger partial charge >= 0.3 is 0 Å². The fraction of sp³-hybridized carbons (Fsp3) is 0.933. The minimum atomic E-state index is -1.91. The van der Waals surface area contributed by atoms with Crippen LogP contribution in [0.25, 0.3) is 0 Å². The van der Waals surface area contributed by atoms with Gasteiger partial charge in [0.2, 0.25) is 0 Å². The molecule has 0 amide bonds. The third-order valence-electron chi connectivity index (χ3n) is 7.90. The number of aliphatic hydroxyl groups is 9. The van der Waals surface area contributed by atoms with Crippen molar-refractivity contribution in [3.05, 3.63) is 12.2 Å².